The molecule has 0 radical (unpaired) electrons. The Kier molecular flexibility index (Phi) is 6.65. The first-order valence-electron chi connectivity index (χ1n) is 8.65. The van der Waals surface area contributed by atoms with E-state index in [1.807, 2.05) is 6.07 Å². The summed E-state index contributed by atoms with van der Waals surface area (Å²) in [6, 6.07) is 22.5. The minimum absolute atomic E-state index is 0.0466. The highest BCUT2D eigenvalue weighted by molar-refractivity contribution is 6.32. The van der Waals surface area contributed by atoms with E-state index < -0.39 is 5.97 Å². The third-order valence-electron chi connectivity index (χ3n) is 3.84. The minimum Gasteiger partial charge on any atom is -0.488 e. The maximum atomic E-state index is 12.4. The Morgan fingerprint density at radius 1 is 0.821 bits per heavy atom. The second kappa shape index (κ2) is 9.58. The number of halogens is 1. The van der Waals surface area contributed by atoms with Crippen molar-refractivity contribution < 1.29 is 19.1 Å². The third-order valence-corrected chi connectivity index (χ3v) is 4.15. The van der Waals surface area contributed by atoms with E-state index in [2.05, 4.69) is 5.32 Å². The summed E-state index contributed by atoms with van der Waals surface area (Å²) in [6.45, 7) is 0.207. The van der Waals surface area contributed by atoms with Crippen LogP contribution >= 0.6 is 11.6 Å². The molecule has 0 fully saturated rings. The molecule has 0 aliphatic heterocycles. The number of amides is 1. The second-order valence-electron chi connectivity index (χ2n) is 5.78. The molecule has 0 bridgehead atoms. The molecule has 3 aromatic rings. The first-order valence-corrected chi connectivity index (χ1v) is 9.03. The smallest absolute Gasteiger partial charge is 0.340 e. The largest absolute Gasteiger partial charge is 0.488 e. The lowest BCUT2D eigenvalue weighted by molar-refractivity contribution is 0.0451. The number of rotatable bonds is 7. The number of hydrogen-bond acceptors (Lipinski definition) is 4. The van der Waals surface area contributed by atoms with E-state index in [9.17, 15) is 9.59 Å². The fourth-order valence-corrected chi connectivity index (χ4v) is 2.67. The molecule has 0 atom stereocenters. The number of carbonyl (C=O) groups is 2. The molecule has 0 saturated carbocycles. The minimum atomic E-state index is -0.549. The zero-order valence-electron chi connectivity index (χ0n) is 14.9. The molecule has 0 aromatic heterocycles. The van der Waals surface area contributed by atoms with Crippen LogP contribution in [0.1, 0.15) is 20.7 Å². The SMILES string of the molecule is O=C(Nc1ccccc1C(=O)OCCOc1ccccc1Cl)c1ccccc1. The lowest BCUT2D eigenvalue weighted by Crippen LogP contribution is -2.17. The zero-order valence-corrected chi connectivity index (χ0v) is 15.7. The molecule has 3 aromatic carbocycles. The summed E-state index contributed by atoms with van der Waals surface area (Å²) < 4.78 is 10.8. The topological polar surface area (TPSA) is 64.6 Å². The highest BCUT2D eigenvalue weighted by Gasteiger charge is 2.15. The van der Waals surface area contributed by atoms with E-state index in [-0.39, 0.29) is 24.7 Å². The molecule has 0 unspecified atom stereocenters. The molecule has 28 heavy (non-hydrogen) atoms. The molecule has 0 aliphatic carbocycles. The average molecular weight is 396 g/mol. The van der Waals surface area contributed by atoms with Gasteiger partial charge in [-0.3, -0.25) is 4.79 Å². The number of esters is 1. The first-order chi connectivity index (χ1) is 13.6. The van der Waals surface area contributed by atoms with Gasteiger partial charge >= 0.3 is 5.97 Å². The van der Waals surface area contributed by atoms with Gasteiger partial charge in [0.05, 0.1) is 16.3 Å². The van der Waals surface area contributed by atoms with Crippen molar-refractivity contribution >= 4 is 29.2 Å². The molecule has 0 spiro atoms. The van der Waals surface area contributed by atoms with Crippen molar-refractivity contribution in [3.8, 4) is 5.75 Å². The number of hydrogen-bond donors (Lipinski definition) is 1. The molecule has 0 heterocycles. The summed E-state index contributed by atoms with van der Waals surface area (Å²) in [4.78, 5) is 24.7. The molecule has 142 valence electrons. The van der Waals surface area contributed by atoms with E-state index in [0.717, 1.165) is 0 Å². The van der Waals surface area contributed by atoms with Gasteiger partial charge < -0.3 is 14.8 Å². The van der Waals surface area contributed by atoms with Crippen LogP contribution in [0, 0.1) is 0 Å². The Labute approximate surface area is 167 Å². The average Bonchev–Trinajstić information content (AvgIpc) is 2.73. The Morgan fingerprint density at radius 3 is 2.29 bits per heavy atom. The van der Waals surface area contributed by atoms with Crippen LogP contribution in [0.5, 0.6) is 5.75 Å². The normalized spacial score (nSPS) is 10.2. The third kappa shape index (κ3) is 5.11. The van der Waals surface area contributed by atoms with E-state index in [0.29, 0.717) is 22.0 Å². The Balaban J connectivity index is 1.58. The summed E-state index contributed by atoms with van der Waals surface area (Å²) in [7, 11) is 0. The van der Waals surface area contributed by atoms with Crippen LogP contribution in [0.15, 0.2) is 78.9 Å². The second-order valence-corrected chi connectivity index (χ2v) is 6.19. The number of carbonyl (C=O) groups excluding carboxylic acids is 2. The summed E-state index contributed by atoms with van der Waals surface area (Å²) >= 11 is 6.01. The van der Waals surface area contributed by atoms with Gasteiger partial charge in [-0.2, -0.15) is 0 Å². The summed E-state index contributed by atoms with van der Waals surface area (Å²) in [5.41, 5.74) is 1.15. The van der Waals surface area contributed by atoms with Crippen molar-refractivity contribution in [1.29, 1.82) is 0 Å². The lowest BCUT2D eigenvalue weighted by Gasteiger charge is -2.12. The van der Waals surface area contributed by atoms with Gasteiger partial charge in [-0.1, -0.05) is 54.1 Å². The standard InChI is InChI=1S/C22H18ClNO4/c23-18-11-5-7-13-20(18)27-14-15-28-22(26)17-10-4-6-12-19(17)24-21(25)16-8-2-1-3-9-16/h1-13H,14-15H2,(H,24,25). The molecule has 0 aliphatic rings. The highest BCUT2D eigenvalue weighted by atomic mass is 35.5. The molecule has 5 nitrogen and oxygen atoms in total. The van der Waals surface area contributed by atoms with Crippen LogP contribution in [0.3, 0.4) is 0 Å². The van der Waals surface area contributed by atoms with Crippen molar-refractivity contribution in [2.45, 2.75) is 0 Å². The quantitative estimate of drug-likeness (QED) is 0.459. The van der Waals surface area contributed by atoms with E-state index in [1.165, 1.54) is 0 Å². The fourth-order valence-electron chi connectivity index (χ4n) is 2.48. The fraction of sp³-hybridized carbons (Fsp3) is 0.0909. The number of anilines is 1. The lowest BCUT2D eigenvalue weighted by atomic mass is 10.1. The van der Waals surface area contributed by atoms with E-state index >= 15 is 0 Å². The van der Waals surface area contributed by atoms with E-state index in [4.69, 9.17) is 21.1 Å². The Morgan fingerprint density at radius 2 is 1.50 bits per heavy atom. The van der Waals surface area contributed by atoms with E-state index in [1.54, 1.807) is 72.8 Å². The Hall–Kier alpha value is -3.31. The predicted octanol–water partition coefficient (Wildman–Crippen LogP) is 4.83. The van der Waals surface area contributed by atoms with Crippen LogP contribution in [-0.2, 0) is 4.74 Å². The Bertz CT molecular complexity index is 960. The molecule has 0 saturated heterocycles. The number of nitrogens with one attached hydrogen (secondary N) is 1. The predicted molar refractivity (Wildman–Crippen MR) is 108 cm³/mol. The summed E-state index contributed by atoms with van der Waals surface area (Å²) in [5, 5.41) is 3.23. The number of benzene rings is 3. The van der Waals surface area contributed by atoms with Crippen molar-refractivity contribution in [3.05, 3.63) is 95.0 Å². The van der Waals surface area contributed by atoms with Crippen LogP contribution in [0.2, 0.25) is 5.02 Å². The van der Waals surface area contributed by atoms with Crippen molar-refractivity contribution in [1.82, 2.24) is 0 Å². The maximum absolute atomic E-state index is 12.4. The monoisotopic (exact) mass is 395 g/mol. The first kappa shape index (κ1) is 19.5. The molecular formula is C22H18ClNO4. The van der Waals surface area contributed by atoms with Crippen LogP contribution in [0.25, 0.3) is 0 Å². The molecule has 1 N–H and O–H groups in total. The van der Waals surface area contributed by atoms with Crippen molar-refractivity contribution in [2.75, 3.05) is 18.5 Å². The summed E-state index contributed by atoms with van der Waals surface area (Å²) in [5.74, 6) is -0.328. The maximum Gasteiger partial charge on any atom is 0.340 e. The summed E-state index contributed by atoms with van der Waals surface area (Å²) in [6.07, 6.45) is 0. The van der Waals surface area contributed by atoms with Crippen LogP contribution in [0.4, 0.5) is 5.69 Å². The number of para-hydroxylation sites is 2. The van der Waals surface area contributed by atoms with Gasteiger partial charge in [0, 0.05) is 5.56 Å². The van der Waals surface area contributed by atoms with Gasteiger partial charge in [-0.25, -0.2) is 4.79 Å². The van der Waals surface area contributed by atoms with Gasteiger partial charge in [-0.15, -0.1) is 0 Å². The van der Waals surface area contributed by atoms with Gasteiger partial charge in [0.25, 0.3) is 5.91 Å². The van der Waals surface area contributed by atoms with Crippen LogP contribution in [-0.4, -0.2) is 25.1 Å². The number of ether oxygens (including phenoxy) is 2. The zero-order chi connectivity index (χ0) is 19.8. The van der Waals surface area contributed by atoms with Gasteiger partial charge in [0.2, 0.25) is 0 Å². The highest BCUT2D eigenvalue weighted by Crippen LogP contribution is 2.23. The molecule has 3 rings (SSSR count). The molecule has 1 amide bonds. The van der Waals surface area contributed by atoms with Crippen LogP contribution < -0.4 is 10.1 Å². The van der Waals surface area contributed by atoms with Crippen molar-refractivity contribution in [2.24, 2.45) is 0 Å². The van der Waals surface area contributed by atoms with Crippen molar-refractivity contribution in [3.63, 3.8) is 0 Å². The van der Waals surface area contributed by atoms with Gasteiger partial charge in [-0.05, 0) is 36.4 Å². The molecule has 6 heteroatoms. The van der Waals surface area contributed by atoms with Gasteiger partial charge in [0.15, 0.2) is 0 Å². The van der Waals surface area contributed by atoms with Gasteiger partial charge in [0.1, 0.15) is 19.0 Å². The molecular weight excluding hydrogens is 378 g/mol.